The maximum Gasteiger partial charge on any atom is 0.407 e. The van der Waals surface area contributed by atoms with E-state index in [2.05, 4.69) is 5.32 Å². The Morgan fingerprint density at radius 3 is 2.11 bits per heavy atom. The van der Waals surface area contributed by atoms with Crippen LogP contribution in [0.2, 0.25) is 0 Å². The summed E-state index contributed by atoms with van der Waals surface area (Å²) in [6, 6.07) is 0.459. The topological polar surface area (TPSA) is 58.6 Å². The molecule has 1 fully saturated rings. The molecule has 0 bridgehead atoms. The van der Waals surface area contributed by atoms with Crippen molar-refractivity contribution in [3.05, 3.63) is 0 Å². The first-order chi connectivity index (χ1) is 8.69. The monoisotopic (exact) mass is 270 g/mol. The first-order valence-electron chi connectivity index (χ1n) is 6.92. The van der Waals surface area contributed by atoms with Crippen LogP contribution in [0.1, 0.15) is 53.4 Å². The predicted molar refractivity (Wildman–Crippen MR) is 73.9 cm³/mol. The van der Waals surface area contributed by atoms with Crippen LogP contribution in [0.15, 0.2) is 0 Å². The quantitative estimate of drug-likeness (QED) is 0.837. The average Bonchev–Trinajstić information content (AvgIpc) is 2.26. The summed E-state index contributed by atoms with van der Waals surface area (Å²) in [6.45, 7) is 7.15. The lowest BCUT2D eigenvalue weighted by molar-refractivity contribution is -0.130. The Hall–Kier alpha value is -1.26. The van der Waals surface area contributed by atoms with Gasteiger partial charge in [-0.1, -0.05) is 0 Å². The number of alkyl carbamates (subject to hydrolysis) is 1. The van der Waals surface area contributed by atoms with Crippen molar-refractivity contribution < 1.29 is 14.3 Å². The van der Waals surface area contributed by atoms with Gasteiger partial charge in [0.2, 0.25) is 5.91 Å². The molecule has 0 spiro atoms. The van der Waals surface area contributed by atoms with Gasteiger partial charge in [-0.2, -0.15) is 0 Å². The van der Waals surface area contributed by atoms with Crippen LogP contribution in [-0.4, -0.2) is 41.6 Å². The van der Waals surface area contributed by atoms with E-state index < -0.39 is 5.60 Å². The summed E-state index contributed by atoms with van der Waals surface area (Å²) in [5.74, 6) is 0.101. The molecule has 1 rings (SSSR count). The number of hydrogen-bond acceptors (Lipinski definition) is 3. The standard InChI is InChI=1S/C14H26N2O3/c1-10(17)16(5)12-8-6-11(7-9-12)15-13(18)19-14(2,3)4/h11-12H,6-9H2,1-5H3,(H,15,18)/t11-,12-. The van der Waals surface area contributed by atoms with Gasteiger partial charge in [-0.05, 0) is 46.5 Å². The molecule has 2 amide bonds. The van der Waals surface area contributed by atoms with Crippen molar-refractivity contribution in [1.29, 1.82) is 0 Å². The summed E-state index contributed by atoms with van der Waals surface area (Å²) in [5.41, 5.74) is -0.462. The van der Waals surface area contributed by atoms with Gasteiger partial charge in [0.25, 0.3) is 0 Å². The van der Waals surface area contributed by atoms with E-state index in [1.807, 2.05) is 27.8 Å². The lowest BCUT2D eigenvalue weighted by Crippen LogP contribution is -2.45. The zero-order valence-electron chi connectivity index (χ0n) is 12.7. The van der Waals surface area contributed by atoms with Gasteiger partial charge >= 0.3 is 6.09 Å². The summed E-state index contributed by atoms with van der Waals surface area (Å²) in [6.07, 6.45) is 3.28. The maximum atomic E-state index is 11.7. The maximum absolute atomic E-state index is 11.7. The first kappa shape index (κ1) is 15.8. The van der Waals surface area contributed by atoms with Crippen LogP contribution in [0.25, 0.3) is 0 Å². The smallest absolute Gasteiger partial charge is 0.407 e. The van der Waals surface area contributed by atoms with Crippen LogP contribution in [-0.2, 0) is 9.53 Å². The van der Waals surface area contributed by atoms with Gasteiger partial charge in [0.05, 0.1) is 0 Å². The summed E-state index contributed by atoms with van der Waals surface area (Å²) in [7, 11) is 1.84. The first-order valence-corrected chi connectivity index (χ1v) is 6.92. The second kappa shape index (κ2) is 6.26. The van der Waals surface area contributed by atoms with E-state index in [4.69, 9.17) is 4.74 Å². The molecule has 0 radical (unpaired) electrons. The fourth-order valence-electron chi connectivity index (χ4n) is 2.34. The summed E-state index contributed by atoms with van der Waals surface area (Å²) in [4.78, 5) is 24.7. The van der Waals surface area contributed by atoms with Crippen molar-refractivity contribution in [3.8, 4) is 0 Å². The molecule has 1 aliphatic carbocycles. The highest BCUT2D eigenvalue weighted by atomic mass is 16.6. The van der Waals surface area contributed by atoms with Gasteiger partial charge in [-0.15, -0.1) is 0 Å². The van der Waals surface area contributed by atoms with Crippen molar-refractivity contribution in [3.63, 3.8) is 0 Å². The molecular weight excluding hydrogens is 244 g/mol. The second-order valence-electron chi connectivity index (χ2n) is 6.28. The van der Waals surface area contributed by atoms with E-state index in [1.165, 1.54) is 0 Å². The number of nitrogens with one attached hydrogen (secondary N) is 1. The molecule has 0 saturated heterocycles. The van der Waals surface area contributed by atoms with Crippen LogP contribution in [0, 0.1) is 0 Å². The van der Waals surface area contributed by atoms with E-state index in [9.17, 15) is 9.59 Å². The minimum absolute atomic E-state index is 0.101. The Morgan fingerprint density at radius 2 is 1.68 bits per heavy atom. The molecule has 0 aliphatic heterocycles. The Morgan fingerprint density at radius 1 is 1.16 bits per heavy atom. The van der Waals surface area contributed by atoms with Crippen LogP contribution in [0.4, 0.5) is 4.79 Å². The molecule has 0 aromatic carbocycles. The number of rotatable bonds is 2. The highest BCUT2D eigenvalue weighted by Gasteiger charge is 2.27. The third-order valence-corrected chi connectivity index (χ3v) is 3.46. The van der Waals surface area contributed by atoms with E-state index >= 15 is 0 Å². The molecule has 5 heteroatoms. The number of hydrogen-bond donors (Lipinski definition) is 1. The summed E-state index contributed by atoms with van der Waals surface area (Å²) >= 11 is 0. The summed E-state index contributed by atoms with van der Waals surface area (Å²) in [5, 5.41) is 2.90. The van der Waals surface area contributed by atoms with Crippen molar-refractivity contribution in [2.75, 3.05) is 7.05 Å². The number of carbonyl (C=O) groups excluding carboxylic acids is 2. The van der Waals surface area contributed by atoms with Crippen LogP contribution in [0.5, 0.6) is 0 Å². The molecule has 1 saturated carbocycles. The number of nitrogens with zero attached hydrogens (tertiary/aromatic N) is 1. The third-order valence-electron chi connectivity index (χ3n) is 3.46. The molecule has 110 valence electrons. The molecule has 1 aliphatic rings. The Kier molecular flexibility index (Phi) is 5.20. The van der Waals surface area contributed by atoms with Gasteiger partial charge in [0.15, 0.2) is 0 Å². The van der Waals surface area contributed by atoms with Crippen molar-refractivity contribution in [2.45, 2.75) is 71.1 Å². The highest BCUT2D eigenvalue weighted by molar-refractivity contribution is 5.73. The Labute approximate surface area is 115 Å². The minimum Gasteiger partial charge on any atom is -0.444 e. The van der Waals surface area contributed by atoms with Crippen molar-refractivity contribution >= 4 is 12.0 Å². The average molecular weight is 270 g/mol. The normalized spacial score (nSPS) is 23.6. The van der Waals surface area contributed by atoms with Crippen molar-refractivity contribution in [2.24, 2.45) is 0 Å². The summed E-state index contributed by atoms with van der Waals surface area (Å²) < 4.78 is 5.24. The molecule has 0 heterocycles. The largest absolute Gasteiger partial charge is 0.444 e. The van der Waals surface area contributed by atoms with E-state index in [0.29, 0.717) is 6.04 Å². The SMILES string of the molecule is CC(=O)N(C)[C@H]1CC[C@H](NC(=O)OC(C)(C)C)CC1. The molecule has 19 heavy (non-hydrogen) atoms. The Balaban J connectivity index is 2.34. The number of amides is 2. The fraction of sp³-hybridized carbons (Fsp3) is 0.857. The van der Waals surface area contributed by atoms with Gasteiger partial charge in [-0.25, -0.2) is 4.79 Å². The predicted octanol–water partition coefficient (Wildman–Crippen LogP) is 2.30. The minimum atomic E-state index is -0.462. The lowest BCUT2D eigenvalue weighted by Gasteiger charge is -2.34. The Bertz CT molecular complexity index is 328. The molecule has 0 atom stereocenters. The molecular formula is C14H26N2O3. The molecule has 0 aromatic rings. The van der Waals surface area contributed by atoms with Crippen LogP contribution in [0.3, 0.4) is 0 Å². The van der Waals surface area contributed by atoms with E-state index in [0.717, 1.165) is 25.7 Å². The molecule has 5 nitrogen and oxygen atoms in total. The van der Waals surface area contributed by atoms with E-state index in [-0.39, 0.29) is 18.0 Å². The van der Waals surface area contributed by atoms with Gasteiger partial charge < -0.3 is 15.0 Å². The lowest BCUT2D eigenvalue weighted by atomic mass is 9.90. The second-order valence-corrected chi connectivity index (χ2v) is 6.28. The molecule has 0 unspecified atom stereocenters. The highest BCUT2D eigenvalue weighted by Crippen LogP contribution is 2.22. The van der Waals surface area contributed by atoms with E-state index in [1.54, 1.807) is 11.8 Å². The van der Waals surface area contributed by atoms with Gasteiger partial charge in [-0.3, -0.25) is 4.79 Å². The van der Waals surface area contributed by atoms with Crippen LogP contribution < -0.4 is 5.32 Å². The zero-order valence-corrected chi connectivity index (χ0v) is 12.7. The van der Waals surface area contributed by atoms with Gasteiger partial charge in [0.1, 0.15) is 5.60 Å². The molecule has 1 N–H and O–H groups in total. The van der Waals surface area contributed by atoms with Crippen LogP contribution >= 0.6 is 0 Å². The number of ether oxygens (including phenoxy) is 1. The zero-order chi connectivity index (χ0) is 14.6. The van der Waals surface area contributed by atoms with Gasteiger partial charge in [0, 0.05) is 26.1 Å². The third kappa shape index (κ3) is 5.49. The molecule has 0 aromatic heterocycles. The van der Waals surface area contributed by atoms with Crippen molar-refractivity contribution in [1.82, 2.24) is 10.2 Å². The fourth-order valence-corrected chi connectivity index (χ4v) is 2.34. The number of carbonyl (C=O) groups is 2.